The van der Waals surface area contributed by atoms with Crippen LogP contribution < -0.4 is 5.56 Å². The van der Waals surface area contributed by atoms with Crippen molar-refractivity contribution in [3.05, 3.63) is 28.4 Å². The van der Waals surface area contributed by atoms with E-state index in [9.17, 15) is 9.90 Å². The molecule has 19 heavy (non-hydrogen) atoms. The van der Waals surface area contributed by atoms with Crippen LogP contribution in [-0.2, 0) is 6.54 Å². The molecule has 2 aromatic heterocycles. The predicted octanol–water partition coefficient (Wildman–Crippen LogP) is -0.380. The Hall–Kier alpha value is -1.73. The standard InChI is InChI=1S/C12H17N5O2/c1-16(5-8-2-10(18)3-8)6-9-4-11(19)17-12(15-9)13-7-14-17/h4,7-8,10,18H,2-3,5-6H2,1H3,(H,13,14,15). The molecule has 1 aliphatic rings. The molecule has 1 saturated carbocycles. The average molecular weight is 263 g/mol. The highest BCUT2D eigenvalue weighted by Crippen LogP contribution is 2.27. The Balaban J connectivity index is 1.68. The zero-order valence-corrected chi connectivity index (χ0v) is 10.8. The Kier molecular flexibility index (Phi) is 3.08. The first-order chi connectivity index (χ1) is 9.11. The van der Waals surface area contributed by atoms with Gasteiger partial charge in [-0.05, 0) is 25.8 Å². The topological polar surface area (TPSA) is 86.5 Å². The van der Waals surface area contributed by atoms with Crippen molar-refractivity contribution in [2.24, 2.45) is 5.92 Å². The van der Waals surface area contributed by atoms with Crippen LogP contribution in [0.25, 0.3) is 5.78 Å². The van der Waals surface area contributed by atoms with Crippen molar-refractivity contribution in [2.45, 2.75) is 25.5 Å². The summed E-state index contributed by atoms with van der Waals surface area (Å²) in [5, 5.41) is 12.0. The summed E-state index contributed by atoms with van der Waals surface area (Å²) in [6, 6.07) is 1.53. The summed E-state index contributed by atoms with van der Waals surface area (Å²) >= 11 is 0. The lowest BCUT2D eigenvalue weighted by Crippen LogP contribution is -2.37. The second-order valence-electron chi connectivity index (χ2n) is 5.30. The largest absolute Gasteiger partial charge is 0.393 e. The van der Waals surface area contributed by atoms with E-state index in [0.29, 0.717) is 18.2 Å². The monoisotopic (exact) mass is 263 g/mol. The van der Waals surface area contributed by atoms with E-state index < -0.39 is 0 Å². The summed E-state index contributed by atoms with van der Waals surface area (Å²) in [6.45, 7) is 1.53. The SMILES string of the molecule is CN(Cc1cc(=O)n2[nH]cnc2n1)CC1CC(O)C1. The Morgan fingerprint density at radius 3 is 3.11 bits per heavy atom. The number of nitrogens with one attached hydrogen (secondary N) is 1. The molecule has 102 valence electrons. The molecular weight excluding hydrogens is 246 g/mol. The highest BCUT2D eigenvalue weighted by atomic mass is 16.3. The van der Waals surface area contributed by atoms with Gasteiger partial charge in [-0.2, -0.15) is 4.52 Å². The summed E-state index contributed by atoms with van der Waals surface area (Å²) in [5.41, 5.74) is 0.574. The lowest BCUT2D eigenvalue weighted by molar-refractivity contribution is 0.0272. The Labute approximate surface area is 109 Å². The van der Waals surface area contributed by atoms with Gasteiger partial charge in [0.05, 0.1) is 11.8 Å². The first kappa shape index (κ1) is 12.3. The van der Waals surface area contributed by atoms with Crippen LogP contribution >= 0.6 is 0 Å². The molecule has 0 aromatic carbocycles. The van der Waals surface area contributed by atoms with E-state index in [1.807, 2.05) is 7.05 Å². The lowest BCUT2D eigenvalue weighted by atomic mass is 9.82. The van der Waals surface area contributed by atoms with Crippen molar-refractivity contribution in [2.75, 3.05) is 13.6 Å². The number of fused-ring (bicyclic) bond motifs is 1. The number of hydrogen-bond donors (Lipinski definition) is 2. The first-order valence-electron chi connectivity index (χ1n) is 6.40. The Morgan fingerprint density at radius 1 is 1.58 bits per heavy atom. The third-order valence-corrected chi connectivity index (χ3v) is 3.53. The van der Waals surface area contributed by atoms with Crippen LogP contribution in [0.4, 0.5) is 0 Å². The maximum Gasteiger partial charge on any atom is 0.274 e. The van der Waals surface area contributed by atoms with Gasteiger partial charge < -0.3 is 10.0 Å². The van der Waals surface area contributed by atoms with Crippen LogP contribution in [0.1, 0.15) is 18.5 Å². The molecule has 0 atom stereocenters. The molecular formula is C12H17N5O2. The first-order valence-corrected chi connectivity index (χ1v) is 6.40. The zero-order valence-electron chi connectivity index (χ0n) is 10.8. The van der Waals surface area contributed by atoms with Crippen LogP contribution in [-0.4, -0.2) is 49.3 Å². The molecule has 0 spiro atoms. The van der Waals surface area contributed by atoms with Gasteiger partial charge in [0.15, 0.2) is 0 Å². The van der Waals surface area contributed by atoms with Gasteiger partial charge in [0.25, 0.3) is 11.3 Å². The Morgan fingerprint density at radius 2 is 2.37 bits per heavy atom. The molecule has 2 N–H and O–H groups in total. The molecule has 2 aromatic rings. The lowest BCUT2D eigenvalue weighted by Gasteiger charge is -2.34. The van der Waals surface area contributed by atoms with Crippen molar-refractivity contribution < 1.29 is 5.11 Å². The normalized spacial score (nSPS) is 22.9. The highest BCUT2D eigenvalue weighted by molar-refractivity contribution is 5.25. The van der Waals surface area contributed by atoms with Crippen LogP contribution in [0.15, 0.2) is 17.2 Å². The molecule has 0 amide bonds. The van der Waals surface area contributed by atoms with E-state index >= 15 is 0 Å². The molecule has 7 nitrogen and oxygen atoms in total. The average Bonchev–Trinajstić information content (AvgIpc) is 2.75. The van der Waals surface area contributed by atoms with Gasteiger partial charge in [0, 0.05) is 19.2 Å². The van der Waals surface area contributed by atoms with Crippen molar-refractivity contribution in [3.8, 4) is 0 Å². The van der Waals surface area contributed by atoms with Gasteiger partial charge in [-0.25, -0.2) is 9.97 Å². The number of nitrogens with zero attached hydrogens (tertiary/aromatic N) is 4. The van der Waals surface area contributed by atoms with Crippen molar-refractivity contribution in [1.29, 1.82) is 0 Å². The number of aromatic amines is 1. The quantitative estimate of drug-likeness (QED) is 0.785. The third-order valence-electron chi connectivity index (χ3n) is 3.53. The number of aliphatic hydroxyl groups excluding tert-OH is 1. The summed E-state index contributed by atoms with van der Waals surface area (Å²) < 4.78 is 1.31. The molecule has 0 unspecified atom stereocenters. The zero-order chi connectivity index (χ0) is 13.4. The van der Waals surface area contributed by atoms with Crippen LogP contribution in [0.2, 0.25) is 0 Å². The molecule has 0 saturated heterocycles. The molecule has 0 radical (unpaired) electrons. The predicted molar refractivity (Wildman–Crippen MR) is 68.7 cm³/mol. The second-order valence-corrected chi connectivity index (χ2v) is 5.30. The minimum atomic E-state index is -0.148. The number of aromatic nitrogens is 4. The van der Waals surface area contributed by atoms with E-state index in [1.54, 1.807) is 0 Å². The van der Waals surface area contributed by atoms with Crippen LogP contribution in [0.5, 0.6) is 0 Å². The fourth-order valence-electron chi connectivity index (χ4n) is 2.58. The fraction of sp³-hybridized carbons (Fsp3) is 0.583. The van der Waals surface area contributed by atoms with E-state index in [2.05, 4.69) is 20.0 Å². The van der Waals surface area contributed by atoms with Crippen molar-refractivity contribution >= 4 is 5.78 Å². The minimum Gasteiger partial charge on any atom is -0.393 e. The molecule has 1 aliphatic carbocycles. The van der Waals surface area contributed by atoms with Crippen LogP contribution in [0.3, 0.4) is 0 Å². The Bertz CT molecular complexity index is 628. The van der Waals surface area contributed by atoms with E-state index in [0.717, 1.165) is 25.1 Å². The maximum absolute atomic E-state index is 11.8. The third kappa shape index (κ3) is 2.52. The molecule has 7 heteroatoms. The van der Waals surface area contributed by atoms with Gasteiger partial charge in [-0.15, -0.1) is 0 Å². The molecule has 3 rings (SSSR count). The maximum atomic E-state index is 11.8. The number of aliphatic hydroxyl groups is 1. The fourth-order valence-corrected chi connectivity index (χ4v) is 2.58. The number of hydrogen-bond acceptors (Lipinski definition) is 5. The molecule has 0 bridgehead atoms. The number of rotatable bonds is 4. The second kappa shape index (κ2) is 4.75. The van der Waals surface area contributed by atoms with E-state index in [-0.39, 0.29) is 11.7 Å². The smallest absolute Gasteiger partial charge is 0.274 e. The van der Waals surface area contributed by atoms with Crippen molar-refractivity contribution in [1.82, 2.24) is 24.5 Å². The summed E-state index contributed by atoms with van der Waals surface area (Å²) in [6.07, 6.45) is 3.08. The summed E-state index contributed by atoms with van der Waals surface area (Å²) in [5.74, 6) is 0.949. The van der Waals surface area contributed by atoms with Crippen LogP contribution in [0, 0.1) is 5.92 Å². The van der Waals surface area contributed by atoms with Gasteiger partial charge in [0.1, 0.15) is 6.33 Å². The van der Waals surface area contributed by atoms with E-state index in [4.69, 9.17) is 0 Å². The molecule has 1 fully saturated rings. The summed E-state index contributed by atoms with van der Waals surface area (Å²) in [4.78, 5) is 22.2. The highest BCUT2D eigenvalue weighted by Gasteiger charge is 2.27. The van der Waals surface area contributed by atoms with E-state index in [1.165, 1.54) is 16.9 Å². The molecule has 0 aliphatic heterocycles. The van der Waals surface area contributed by atoms with Gasteiger partial charge >= 0.3 is 0 Å². The van der Waals surface area contributed by atoms with Crippen molar-refractivity contribution in [3.63, 3.8) is 0 Å². The molecule has 2 heterocycles. The van der Waals surface area contributed by atoms with Gasteiger partial charge in [-0.3, -0.25) is 9.89 Å². The van der Waals surface area contributed by atoms with Gasteiger partial charge in [-0.1, -0.05) is 0 Å². The summed E-state index contributed by atoms with van der Waals surface area (Å²) in [7, 11) is 2.00. The minimum absolute atomic E-state index is 0.124. The van der Waals surface area contributed by atoms with Gasteiger partial charge in [0.2, 0.25) is 0 Å². The number of H-pyrrole nitrogens is 1.